The summed E-state index contributed by atoms with van der Waals surface area (Å²) in [6.45, 7) is 4.42. The van der Waals surface area contributed by atoms with Crippen molar-refractivity contribution in [2.75, 3.05) is 0 Å². The van der Waals surface area contributed by atoms with Gasteiger partial charge in [0.2, 0.25) is 5.76 Å². The highest BCUT2D eigenvalue weighted by Gasteiger charge is 2.14. The van der Waals surface area contributed by atoms with Crippen molar-refractivity contribution in [1.82, 2.24) is 0 Å². The van der Waals surface area contributed by atoms with E-state index < -0.39 is 5.97 Å². The fraction of sp³-hybridized carbons (Fsp3) is 0.688. The molecule has 1 aromatic heterocycles. The molecule has 1 heterocycles. The summed E-state index contributed by atoms with van der Waals surface area (Å²) in [5.74, 6) is 0.509. The second kappa shape index (κ2) is 8.78. The summed E-state index contributed by atoms with van der Waals surface area (Å²) in [6.07, 6.45) is 9.53. The molecule has 0 saturated heterocycles. The molecule has 1 N–H and O–H groups in total. The zero-order valence-corrected chi connectivity index (χ0v) is 12.2. The molecule has 0 saturated carbocycles. The van der Waals surface area contributed by atoms with Gasteiger partial charge in [0.05, 0.1) is 0 Å². The van der Waals surface area contributed by atoms with Crippen LogP contribution in [0.1, 0.15) is 75.1 Å². The van der Waals surface area contributed by atoms with Gasteiger partial charge in [-0.1, -0.05) is 58.8 Å². The van der Waals surface area contributed by atoms with E-state index in [9.17, 15) is 4.79 Å². The van der Waals surface area contributed by atoms with Crippen LogP contribution in [0.5, 0.6) is 0 Å². The van der Waals surface area contributed by atoms with Crippen LogP contribution in [0, 0.1) is 5.92 Å². The van der Waals surface area contributed by atoms with Gasteiger partial charge in [0, 0.05) is 6.42 Å². The molecule has 0 radical (unpaired) electrons. The number of furan rings is 1. The Morgan fingerprint density at radius 2 is 1.84 bits per heavy atom. The van der Waals surface area contributed by atoms with Gasteiger partial charge >= 0.3 is 5.97 Å². The average molecular weight is 266 g/mol. The summed E-state index contributed by atoms with van der Waals surface area (Å²) >= 11 is 0. The number of unbranched alkanes of at least 4 members (excludes halogenated alkanes) is 3. The van der Waals surface area contributed by atoms with Crippen LogP contribution in [0.2, 0.25) is 0 Å². The molecule has 0 aliphatic rings. The van der Waals surface area contributed by atoms with Gasteiger partial charge in [0.15, 0.2) is 0 Å². The minimum Gasteiger partial charge on any atom is -0.475 e. The molecule has 108 valence electrons. The van der Waals surface area contributed by atoms with Crippen LogP contribution in [0.3, 0.4) is 0 Å². The molecule has 0 aliphatic carbocycles. The predicted molar refractivity (Wildman–Crippen MR) is 76.5 cm³/mol. The first-order valence-electron chi connectivity index (χ1n) is 7.49. The molecule has 1 aromatic rings. The van der Waals surface area contributed by atoms with Crippen molar-refractivity contribution in [2.45, 2.75) is 65.2 Å². The van der Waals surface area contributed by atoms with Gasteiger partial charge in [-0.05, 0) is 18.1 Å². The van der Waals surface area contributed by atoms with Crippen molar-refractivity contribution >= 4 is 5.97 Å². The molecule has 3 heteroatoms. The third-order valence-corrected chi connectivity index (χ3v) is 3.54. The number of carboxylic acid groups (broad SMARTS) is 1. The number of carbonyl (C=O) groups is 1. The summed E-state index contributed by atoms with van der Waals surface area (Å²) in [4.78, 5) is 10.8. The van der Waals surface area contributed by atoms with E-state index in [-0.39, 0.29) is 5.76 Å². The van der Waals surface area contributed by atoms with Gasteiger partial charge in [0.1, 0.15) is 5.76 Å². The minimum atomic E-state index is -0.984. The Morgan fingerprint density at radius 3 is 2.42 bits per heavy atom. The number of rotatable bonds is 10. The van der Waals surface area contributed by atoms with Gasteiger partial charge in [-0.3, -0.25) is 0 Å². The third kappa shape index (κ3) is 5.95. The summed E-state index contributed by atoms with van der Waals surface area (Å²) in [5, 5.41) is 8.85. The lowest BCUT2D eigenvalue weighted by atomic mass is 9.91. The van der Waals surface area contributed by atoms with Crippen LogP contribution < -0.4 is 0 Å². The first kappa shape index (κ1) is 15.8. The van der Waals surface area contributed by atoms with Gasteiger partial charge < -0.3 is 9.52 Å². The summed E-state index contributed by atoms with van der Waals surface area (Å²) < 4.78 is 5.36. The van der Waals surface area contributed by atoms with Crippen molar-refractivity contribution in [3.05, 3.63) is 23.7 Å². The fourth-order valence-electron chi connectivity index (χ4n) is 2.41. The minimum absolute atomic E-state index is 0.0535. The van der Waals surface area contributed by atoms with Crippen LogP contribution in [0.4, 0.5) is 0 Å². The molecular formula is C16H26O3. The largest absolute Gasteiger partial charge is 0.475 e. The van der Waals surface area contributed by atoms with Gasteiger partial charge in [-0.25, -0.2) is 4.79 Å². The monoisotopic (exact) mass is 266 g/mol. The van der Waals surface area contributed by atoms with Crippen LogP contribution in [0.25, 0.3) is 0 Å². The highest BCUT2D eigenvalue weighted by atomic mass is 16.4. The van der Waals surface area contributed by atoms with Crippen molar-refractivity contribution in [2.24, 2.45) is 5.92 Å². The first-order chi connectivity index (χ1) is 9.17. The van der Waals surface area contributed by atoms with E-state index in [1.54, 1.807) is 6.07 Å². The summed E-state index contributed by atoms with van der Waals surface area (Å²) in [7, 11) is 0. The summed E-state index contributed by atoms with van der Waals surface area (Å²) in [5.41, 5.74) is 0. The van der Waals surface area contributed by atoms with E-state index >= 15 is 0 Å². The fourth-order valence-corrected chi connectivity index (χ4v) is 2.41. The van der Waals surface area contributed by atoms with E-state index in [4.69, 9.17) is 9.52 Å². The van der Waals surface area contributed by atoms with Crippen molar-refractivity contribution in [1.29, 1.82) is 0 Å². The Labute approximate surface area is 116 Å². The lowest BCUT2D eigenvalue weighted by molar-refractivity contribution is 0.0660. The van der Waals surface area contributed by atoms with E-state index in [0.717, 1.165) is 12.2 Å². The Kier molecular flexibility index (Phi) is 7.31. The molecule has 0 aliphatic heterocycles. The standard InChI is InChI=1S/C16H26O3/c1-3-5-7-9-13(8-6-4-2)12-14-10-11-15(19-14)16(17)18/h10-11,13H,3-9,12H2,1-2H3,(H,17,18). The van der Waals surface area contributed by atoms with Crippen molar-refractivity contribution < 1.29 is 14.3 Å². The molecule has 0 fully saturated rings. The molecule has 1 rings (SSSR count). The Bertz CT molecular complexity index is 368. The number of hydrogen-bond donors (Lipinski definition) is 1. The van der Waals surface area contributed by atoms with E-state index in [0.29, 0.717) is 5.92 Å². The molecule has 0 bridgehead atoms. The highest BCUT2D eigenvalue weighted by molar-refractivity contribution is 5.84. The highest BCUT2D eigenvalue weighted by Crippen LogP contribution is 2.22. The Morgan fingerprint density at radius 1 is 1.16 bits per heavy atom. The van der Waals surface area contributed by atoms with Gasteiger partial charge in [0.25, 0.3) is 0 Å². The van der Waals surface area contributed by atoms with Crippen molar-refractivity contribution in [3.63, 3.8) is 0 Å². The molecule has 19 heavy (non-hydrogen) atoms. The molecule has 3 nitrogen and oxygen atoms in total. The van der Waals surface area contributed by atoms with Crippen LogP contribution in [0.15, 0.2) is 16.5 Å². The average Bonchev–Trinajstić information content (AvgIpc) is 2.84. The second-order valence-corrected chi connectivity index (χ2v) is 5.28. The smallest absolute Gasteiger partial charge is 0.371 e. The maximum absolute atomic E-state index is 10.8. The van der Waals surface area contributed by atoms with E-state index in [2.05, 4.69) is 13.8 Å². The van der Waals surface area contributed by atoms with Crippen molar-refractivity contribution in [3.8, 4) is 0 Å². The molecule has 0 spiro atoms. The maximum atomic E-state index is 10.8. The molecule has 0 aromatic carbocycles. The van der Waals surface area contributed by atoms with Gasteiger partial charge in [-0.15, -0.1) is 0 Å². The zero-order valence-electron chi connectivity index (χ0n) is 12.2. The topological polar surface area (TPSA) is 50.4 Å². The third-order valence-electron chi connectivity index (χ3n) is 3.54. The van der Waals surface area contributed by atoms with E-state index in [1.807, 2.05) is 6.07 Å². The van der Waals surface area contributed by atoms with Crippen LogP contribution in [-0.4, -0.2) is 11.1 Å². The molecule has 1 atom stereocenters. The second-order valence-electron chi connectivity index (χ2n) is 5.28. The molecule has 1 unspecified atom stereocenters. The Hall–Kier alpha value is -1.25. The van der Waals surface area contributed by atoms with Crippen LogP contribution >= 0.6 is 0 Å². The zero-order chi connectivity index (χ0) is 14.1. The number of hydrogen-bond acceptors (Lipinski definition) is 2. The number of carboxylic acids is 1. The van der Waals surface area contributed by atoms with E-state index in [1.165, 1.54) is 44.9 Å². The lowest BCUT2D eigenvalue weighted by Crippen LogP contribution is -2.04. The summed E-state index contributed by atoms with van der Waals surface area (Å²) in [6, 6.07) is 3.36. The predicted octanol–water partition coefficient (Wildman–Crippen LogP) is 4.91. The maximum Gasteiger partial charge on any atom is 0.371 e. The Balaban J connectivity index is 2.51. The van der Waals surface area contributed by atoms with Gasteiger partial charge in [-0.2, -0.15) is 0 Å². The molecule has 0 amide bonds. The van der Waals surface area contributed by atoms with Crippen LogP contribution in [-0.2, 0) is 6.42 Å². The quantitative estimate of drug-likeness (QED) is 0.612. The lowest BCUT2D eigenvalue weighted by Gasteiger charge is -2.15. The molecular weight excluding hydrogens is 240 g/mol. The normalized spacial score (nSPS) is 12.5. The SMILES string of the molecule is CCCCCC(CCCC)Cc1ccc(C(=O)O)o1. The number of aromatic carboxylic acids is 1. The first-order valence-corrected chi connectivity index (χ1v) is 7.49.